The second kappa shape index (κ2) is 7.81. The normalized spacial score (nSPS) is 13.4. The number of carbonyl (C=O) groups excluding carboxylic acids is 1. The summed E-state index contributed by atoms with van der Waals surface area (Å²) in [4.78, 5) is 11.6. The SMILES string of the molecule is CCc1cc(C)c(C)cc1OCc1c(OC(=O)OC)cccc1C1CC1. The largest absolute Gasteiger partial charge is 0.513 e. The van der Waals surface area contributed by atoms with Crippen LogP contribution in [0.4, 0.5) is 4.79 Å². The number of benzene rings is 2. The third-order valence-corrected chi connectivity index (χ3v) is 4.98. The lowest BCUT2D eigenvalue weighted by atomic mass is 10.0. The van der Waals surface area contributed by atoms with Crippen LogP contribution in [-0.4, -0.2) is 13.3 Å². The highest BCUT2D eigenvalue weighted by atomic mass is 16.7. The van der Waals surface area contributed by atoms with Gasteiger partial charge in [0.1, 0.15) is 18.1 Å². The average Bonchev–Trinajstić information content (AvgIpc) is 3.47. The van der Waals surface area contributed by atoms with Crippen molar-refractivity contribution in [1.29, 1.82) is 0 Å². The van der Waals surface area contributed by atoms with Gasteiger partial charge in [0.15, 0.2) is 0 Å². The molecule has 0 atom stereocenters. The number of carbonyl (C=O) groups is 1. The molecule has 0 radical (unpaired) electrons. The first-order chi connectivity index (χ1) is 12.5. The van der Waals surface area contributed by atoms with Crippen LogP contribution in [0.2, 0.25) is 0 Å². The molecule has 1 saturated carbocycles. The van der Waals surface area contributed by atoms with Gasteiger partial charge in [-0.3, -0.25) is 0 Å². The van der Waals surface area contributed by atoms with E-state index in [0.717, 1.165) is 17.7 Å². The molecule has 138 valence electrons. The number of ether oxygens (including phenoxy) is 3. The first kappa shape index (κ1) is 18.3. The van der Waals surface area contributed by atoms with E-state index in [0.29, 0.717) is 18.3 Å². The van der Waals surface area contributed by atoms with Crippen LogP contribution < -0.4 is 9.47 Å². The van der Waals surface area contributed by atoms with E-state index in [1.165, 1.54) is 42.2 Å². The minimum Gasteiger partial charge on any atom is -0.488 e. The Morgan fingerprint density at radius 1 is 1.12 bits per heavy atom. The number of aryl methyl sites for hydroxylation is 3. The molecule has 0 N–H and O–H groups in total. The second-order valence-electron chi connectivity index (χ2n) is 6.84. The molecule has 0 saturated heterocycles. The highest BCUT2D eigenvalue weighted by Crippen LogP contribution is 2.44. The van der Waals surface area contributed by atoms with Crippen LogP contribution in [0.5, 0.6) is 11.5 Å². The van der Waals surface area contributed by atoms with Gasteiger partial charge in [-0.1, -0.05) is 25.1 Å². The molecule has 3 rings (SSSR count). The molecule has 0 bridgehead atoms. The van der Waals surface area contributed by atoms with Crippen LogP contribution in [0, 0.1) is 13.8 Å². The van der Waals surface area contributed by atoms with E-state index in [9.17, 15) is 4.79 Å². The molecule has 2 aromatic rings. The molecule has 4 nitrogen and oxygen atoms in total. The molecule has 1 fully saturated rings. The van der Waals surface area contributed by atoms with Crippen LogP contribution in [0.3, 0.4) is 0 Å². The Morgan fingerprint density at radius 3 is 2.50 bits per heavy atom. The molecule has 4 heteroatoms. The van der Waals surface area contributed by atoms with Crippen LogP contribution in [0.15, 0.2) is 30.3 Å². The predicted molar refractivity (Wildman–Crippen MR) is 101 cm³/mol. The minimum atomic E-state index is -0.709. The van der Waals surface area contributed by atoms with Gasteiger partial charge in [-0.2, -0.15) is 0 Å². The first-order valence-electron chi connectivity index (χ1n) is 9.14. The van der Waals surface area contributed by atoms with E-state index in [1.54, 1.807) is 6.07 Å². The van der Waals surface area contributed by atoms with Crippen molar-refractivity contribution < 1.29 is 19.0 Å². The average molecular weight is 354 g/mol. The standard InChI is InChI=1S/C22H26O4/c1-5-16-11-14(2)15(3)12-21(16)25-13-19-18(17-9-10-17)7-6-8-20(19)26-22(23)24-4/h6-8,11-12,17H,5,9-10,13H2,1-4H3. The Morgan fingerprint density at radius 2 is 1.85 bits per heavy atom. The maximum absolute atomic E-state index is 11.6. The van der Waals surface area contributed by atoms with Crippen molar-refractivity contribution >= 4 is 6.16 Å². The zero-order valence-electron chi connectivity index (χ0n) is 15.9. The fourth-order valence-corrected chi connectivity index (χ4v) is 3.15. The Bertz CT molecular complexity index is 806. The van der Waals surface area contributed by atoms with Crippen LogP contribution in [-0.2, 0) is 17.8 Å². The van der Waals surface area contributed by atoms with Gasteiger partial charge in [-0.25, -0.2) is 4.79 Å². The van der Waals surface area contributed by atoms with Crippen molar-refractivity contribution in [1.82, 2.24) is 0 Å². The van der Waals surface area contributed by atoms with Crippen molar-refractivity contribution in [2.45, 2.75) is 52.6 Å². The summed E-state index contributed by atoms with van der Waals surface area (Å²) < 4.78 is 16.2. The zero-order chi connectivity index (χ0) is 18.7. The van der Waals surface area contributed by atoms with Gasteiger partial charge in [0.2, 0.25) is 0 Å². The Balaban J connectivity index is 1.89. The quantitative estimate of drug-likeness (QED) is 0.510. The van der Waals surface area contributed by atoms with Crippen molar-refractivity contribution in [3.63, 3.8) is 0 Å². The van der Waals surface area contributed by atoms with Gasteiger partial charge in [0.25, 0.3) is 0 Å². The summed E-state index contributed by atoms with van der Waals surface area (Å²) in [5.41, 5.74) is 5.79. The highest BCUT2D eigenvalue weighted by Gasteiger charge is 2.28. The lowest BCUT2D eigenvalue weighted by Crippen LogP contribution is -2.11. The van der Waals surface area contributed by atoms with Gasteiger partial charge in [-0.15, -0.1) is 0 Å². The van der Waals surface area contributed by atoms with Gasteiger partial charge in [0.05, 0.1) is 7.11 Å². The smallest absolute Gasteiger partial charge is 0.488 e. The zero-order valence-corrected chi connectivity index (χ0v) is 15.9. The Hall–Kier alpha value is -2.49. The topological polar surface area (TPSA) is 44.8 Å². The fraction of sp³-hybridized carbons (Fsp3) is 0.409. The van der Waals surface area contributed by atoms with Crippen molar-refractivity contribution in [2.24, 2.45) is 0 Å². The van der Waals surface area contributed by atoms with E-state index in [4.69, 9.17) is 9.47 Å². The lowest BCUT2D eigenvalue weighted by molar-refractivity contribution is 0.120. The number of hydrogen-bond acceptors (Lipinski definition) is 4. The maximum Gasteiger partial charge on any atom is 0.513 e. The molecule has 1 aliphatic rings. The number of rotatable bonds is 6. The van der Waals surface area contributed by atoms with E-state index in [-0.39, 0.29) is 0 Å². The number of hydrogen-bond donors (Lipinski definition) is 0. The predicted octanol–water partition coefficient (Wildman–Crippen LogP) is 5.47. The van der Waals surface area contributed by atoms with Crippen LogP contribution in [0.1, 0.15) is 53.5 Å². The lowest BCUT2D eigenvalue weighted by Gasteiger charge is -2.17. The van der Waals surface area contributed by atoms with Crippen molar-refractivity contribution in [2.75, 3.05) is 7.11 Å². The molecule has 0 unspecified atom stereocenters. The van der Waals surface area contributed by atoms with Gasteiger partial charge < -0.3 is 14.2 Å². The van der Waals surface area contributed by atoms with Crippen molar-refractivity contribution in [3.8, 4) is 11.5 Å². The first-order valence-corrected chi connectivity index (χ1v) is 9.14. The molecule has 1 aliphatic carbocycles. The molecule has 0 amide bonds. The third kappa shape index (κ3) is 4.01. The molecule has 0 spiro atoms. The molecule has 2 aromatic carbocycles. The summed E-state index contributed by atoms with van der Waals surface area (Å²) in [6, 6.07) is 10.1. The summed E-state index contributed by atoms with van der Waals surface area (Å²) in [5.74, 6) is 1.94. The maximum atomic E-state index is 11.6. The number of methoxy groups -OCH3 is 1. The van der Waals surface area contributed by atoms with Crippen LogP contribution in [0.25, 0.3) is 0 Å². The van der Waals surface area contributed by atoms with Gasteiger partial charge in [0, 0.05) is 5.56 Å². The van der Waals surface area contributed by atoms with E-state index >= 15 is 0 Å². The Kier molecular flexibility index (Phi) is 5.50. The summed E-state index contributed by atoms with van der Waals surface area (Å²) in [6.45, 7) is 6.70. The molecule has 0 heterocycles. The van der Waals surface area contributed by atoms with Gasteiger partial charge >= 0.3 is 6.16 Å². The Labute approximate surface area is 155 Å². The summed E-state index contributed by atoms with van der Waals surface area (Å²) >= 11 is 0. The van der Waals surface area contributed by atoms with E-state index in [2.05, 4.69) is 43.7 Å². The third-order valence-electron chi connectivity index (χ3n) is 4.98. The highest BCUT2D eigenvalue weighted by molar-refractivity contribution is 5.65. The van der Waals surface area contributed by atoms with Gasteiger partial charge in [-0.05, 0) is 73.4 Å². The molecule has 0 aromatic heterocycles. The van der Waals surface area contributed by atoms with Crippen molar-refractivity contribution in [3.05, 3.63) is 58.1 Å². The summed E-state index contributed by atoms with van der Waals surface area (Å²) in [6.07, 6.45) is 2.53. The molecule has 0 aliphatic heterocycles. The summed E-state index contributed by atoms with van der Waals surface area (Å²) in [5, 5.41) is 0. The summed E-state index contributed by atoms with van der Waals surface area (Å²) in [7, 11) is 1.31. The molecule has 26 heavy (non-hydrogen) atoms. The minimum absolute atomic E-state index is 0.370. The fourth-order valence-electron chi connectivity index (χ4n) is 3.15. The van der Waals surface area contributed by atoms with E-state index < -0.39 is 6.16 Å². The van der Waals surface area contributed by atoms with Crippen LogP contribution >= 0.6 is 0 Å². The second-order valence-corrected chi connectivity index (χ2v) is 6.84. The molecular formula is C22H26O4. The van der Waals surface area contributed by atoms with E-state index in [1.807, 2.05) is 6.07 Å². The monoisotopic (exact) mass is 354 g/mol. The molecular weight excluding hydrogens is 328 g/mol.